The molecule has 162 valence electrons. The quantitative estimate of drug-likeness (QED) is 0.352. The van der Waals surface area contributed by atoms with E-state index in [0.29, 0.717) is 12.0 Å². The smallest absolute Gasteiger partial charge is 0.394 e. The second-order valence-corrected chi connectivity index (χ2v) is 8.49. The second kappa shape index (κ2) is 9.79. The number of ether oxygens (including phenoxy) is 1. The third-order valence-corrected chi connectivity index (χ3v) is 5.72. The van der Waals surface area contributed by atoms with Crippen LogP contribution in [0.1, 0.15) is 25.3 Å². The number of carbonyl (C=O) groups excluding carboxylic acids is 1. The van der Waals surface area contributed by atoms with Crippen LogP contribution in [0.5, 0.6) is 17.2 Å². The van der Waals surface area contributed by atoms with Gasteiger partial charge in [-0.2, -0.15) is 0 Å². The van der Waals surface area contributed by atoms with Gasteiger partial charge in [-0.25, -0.2) is 17.9 Å². The molecular formula is C19H21ClN2O7S. The number of rotatable bonds is 8. The number of carboxylic acids is 1. The van der Waals surface area contributed by atoms with E-state index in [1.54, 1.807) is 6.92 Å². The molecule has 0 fully saturated rings. The predicted molar refractivity (Wildman–Crippen MR) is 111 cm³/mol. The third-order valence-electron chi connectivity index (χ3n) is 3.94. The fraction of sp³-hybridized carbons (Fsp3) is 0.263. The van der Waals surface area contributed by atoms with E-state index in [-0.39, 0.29) is 33.6 Å². The Morgan fingerprint density at radius 3 is 2.50 bits per heavy atom. The van der Waals surface area contributed by atoms with Crippen molar-refractivity contribution in [3.63, 3.8) is 0 Å². The Bertz CT molecular complexity index is 1050. The number of carbonyl (C=O) groups is 2. The highest BCUT2D eigenvalue weighted by atomic mass is 35.5. The second-order valence-electron chi connectivity index (χ2n) is 6.35. The monoisotopic (exact) mass is 456 g/mol. The van der Waals surface area contributed by atoms with E-state index in [9.17, 15) is 23.1 Å². The van der Waals surface area contributed by atoms with Crippen molar-refractivity contribution in [1.82, 2.24) is 4.72 Å². The molecule has 0 unspecified atom stereocenters. The number of aromatic hydroxyl groups is 1. The van der Waals surface area contributed by atoms with E-state index in [2.05, 4.69) is 10.0 Å². The van der Waals surface area contributed by atoms with Gasteiger partial charge in [0.25, 0.3) is 0 Å². The van der Waals surface area contributed by atoms with Gasteiger partial charge in [0.15, 0.2) is 0 Å². The van der Waals surface area contributed by atoms with Crippen molar-refractivity contribution in [1.29, 1.82) is 0 Å². The van der Waals surface area contributed by atoms with E-state index in [1.165, 1.54) is 30.3 Å². The Labute approximate surface area is 178 Å². The maximum Gasteiger partial charge on any atom is 0.394 e. The number of halogens is 1. The Kier molecular flexibility index (Phi) is 7.65. The van der Waals surface area contributed by atoms with Crippen LogP contribution in [0, 0.1) is 6.92 Å². The molecule has 4 N–H and O–H groups in total. The van der Waals surface area contributed by atoms with Crippen LogP contribution in [-0.4, -0.2) is 37.1 Å². The number of anilines is 1. The summed E-state index contributed by atoms with van der Waals surface area (Å²) in [6.07, 6.45) is 1.45. The first-order chi connectivity index (χ1) is 14.0. The molecule has 0 aromatic heterocycles. The minimum atomic E-state index is -3.94. The predicted octanol–water partition coefficient (Wildman–Crippen LogP) is 3.25. The van der Waals surface area contributed by atoms with Gasteiger partial charge in [0.05, 0.1) is 5.02 Å². The summed E-state index contributed by atoms with van der Waals surface area (Å²) in [7, 11) is -3.94. The topological polar surface area (TPSA) is 142 Å². The van der Waals surface area contributed by atoms with Gasteiger partial charge in [-0.3, -0.25) is 4.79 Å². The number of aliphatic carboxylic acids is 1. The molecule has 0 aliphatic heterocycles. The van der Waals surface area contributed by atoms with Crippen LogP contribution in [0.25, 0.3) is 0 Å². The summed E-state index contributed by atoms with van der Waals surface area (Å²) in [5, 5.41) is 20.9. The molecule has 0 spiro atoms. The summed E-state index contributed by atoms with van der Waals surface area (Å²) < 4.78 is 33.0. The number of carboxylic acid groups (broad SMARTS) is 1. The van der Waals surface area contributed by atoms with Gasteiger partial charge in [-0.15, -0.1) is 0 Å². The number of phenols is 1. The molecule has 0 heterocycles. The number of benzene rings is 2. The SMILES string of the molecule is CCCCNS(=O)(=O)c1cc(Oc2c(C)cc(NC(=O)C(=O)O)cc2Cl)ccc1O. The average molecular weight is 457 g/mol. The summed E-state index contributed by atoms with van der Waals surface area (Å²) in [5.41, 5.74) is 0.619. The first-order valence-electron chi connectivity index (χ1n) is 8.90. The van der Waals surface area contributed by atoms with Gasteiger partial charge in [-0.05, 0) is 43.2 Å². The van der Waals surface area contributed by atoms with Crippen LogP contribution in [0.2, 0.25) is 5.02 Å². The highest BCUT2D eigenvalue weighted by molar-refractivity contribution is 7.89. The number of aryl methyl sites for hydroxylation is 1. The van der Waals surface area contributed by atoms with Crippen molar-refractivity contribution >= 4 is 39.2 Å². The number of hydrogen-bond donors (Lipinski definition) is 4. The minimum Gasteiger partial charge on any atom is -0.507 e. The molecule has 2 aromatic carbocycles. The standard InChI is InChI=1S/C19H21ClN2O7S/c1-3-4-7-21-30(27,28)16-10-13(5-6-15(16)23)29-17-11(2)8-12(9-14(17)20)22-18(24)19(25)26/h5-6,8-10,21,23H,3-4,7H2,1-2H3,(H,22,24)(H,25,26). The summed E-state index contributed by atoms with van der Waals surface area (Å²) in [4.78, 5) is 21.6. The molecule has 1 amide bonds. The van der Waals surface area contributed by atoms with Gasteiger partial charge in [-0.1, -0.05) is 24.9 Å². The van der Waals surface area contributed by atoms with Gasteiger partial charge in [0.2, 0.25) is 10.0 Å². The number of phenolic OH excluding ortho intramolecular Hbond substituents is 1. The Morgan fingerprint density at radius 2 is 1.90 bits per heavy atom. The lowest BCUT2D eigenvalue weighted by molar-refractivity contribution is -0.147. The molecule has 0 bridgehead atoms. The van der Waals surface area contributed by atoms with Gasteiger partial charge in [0.1, 0.15) is 22.1 Å². The van der Waals surface area contributed by atoms with Crippen molar-refractivity contribution in [3.05, 3.63) is 40.9 Å². The van der Waals surface area contributed by atoms with Crippen molar-refractivity contribution in [3.8, 4) is 17.2 Å². The Morgan fingerprint density at radius 1 is 1.20 bits per heavy atom. The van der Waals surface area contributed by atoms with E-state index in [1.807, 2.05) is 6.92 Å². The highest BCUT2D eigenvalue weighted by Gasteiger charge is 2.20. The zero-order chi connectivity index (χ0) is 22.5. The molecule has 0 aliphatic carbocycles. The fourth-order valence-electron chi connectivity index (χ4n) is 2.47. The molecule has 0 atom stereocenters. The van der Waals surface area contributed by atoms with E-state index < -0.39 is 27.6 Å². The maximum atomic E-state index is 12.4. The molecule has 0 radical (unpaired) electrons. The molecule has 0 saturated carbocycles. The van der Waals surface area contributed by atoms with Crippen LogP contribution in [0.4, 0.5) is 5.69 Å². The molecular weight excluding hydrogens is 436 g/mol. The van der Waals surface area contributed by atoms with E-state index >= 15 is 0 Å². The zero-order valence-electron chi connectivity index (χ0n) is 16.2. The number of nitrogens with one attached hydrogen (secondary N) is 2. The molecule has 2 rings (SSSR count). The maximum absolute atomic E-state index is 12.4. The number of unbranched alkanes of at least 4 members (excludes halogenated alkanes) is 1. The molecule has 0 saturated heterocycles. The van der Waals surface area contributed by atoms with Crippen LogP contribution < -0.4 is 14.8 Å². The van der Waals surface area contributed by atoms with E-state index in [0.717, 1.165) is 6.42 Å². The lowest BCUT2D eigenvalue weighted by Crippen LogP contribution is -2.24. The summed E-state index contributed by atoms with van der Waals surface area (Å²) >= 11 is 6.19. The summed E-state index contributed by atoms with van der Waals surface area (Å²) in [5.74, 6) is -3.01. The van der Waals surface area contributed by atoms with Crippen molar-refractivity contribution < 1.29 is 33.0 Å². The summed E-state index contributed by atoms with van der Waals surface area (Å²) in [6, 6.07) is 6.48. The van der Waals surface area contributed by atoms with Crippen LogP contribution in [0.3, 0.4) is 0 Å². The first kappa shape index (κ1) is 23.5. The fourth-order valence-corrected chi connectivity index (χ4v) is 3.96. The van der Waals surface area contributed by atoms with Gasteiger partial charge < -0.3 is 20.3 Å². The lowest BCUT2D eigenvalue weighted by atomic mass is 10.2. The van der Waals surface area contributed by atoms with Crippen LogP contribution in [-0.2, 0) is 19.6 Å². The molecule has 0 aliphatic rings. The normalized spacial score (nSPS) is 11.2. The van der Waals surface area contributed by atoms with Crippen molar-refractivity contribution in [2.45, 2.75) is 31.6 Å². The van der Waals surface area contributed by atoms with Crippen LogP contribution in [0.15, 0.2) is 35.2 Å². The average Bonchev–Trinajstić information content (AvgIpc) is 2.65. The molecule has 30 heavy (non-hydrogen) atoms. The van der Waals surface area contributed by atoms with Gasteiger partial charge >= 0.3 is 11.9 Å². The van der Waals surface area contributed by atoms with Gasteiger partial charge in [0, 0.05) is 18.3 Å². The Hall–Kier alpha value is -2.82. The number of amides is 1. The first-order valence-corrected chi connectivity index (χ1v) is 10.8. The van der Waals surface area contributed by atoms with E-state index in [4.69, 9.17) is 21.4 Å². The third kappa shape index (κ3) is 5.85. The largest absolute Gasteiger partial charge is 0.507 e. The molecule has 11 heteroatoms. The Balaban J connectivity index is 2.30. The van der Waals surface area contributed by atoms with Crippen molar-refractivity contribution in [2.24, 2.45) is 0 Å². The summed E-state index contributed by atoms with van der Waals surface area (Å²) in [6.45, 7) is 3.77. The lowest BCUT2D eigenvalue weighted by Gasteiger charge is -2.14. The zero-order valence-corrected chi connectivity index (χ0v) is 17.8. The minimum absolute atomic E-state index is 0.0641. The molecule has 2 aromatic rings. The van der Waals surface area contributed by atoms with Crippen LogP contribution >= 0.6 is 11.6 Å². The van der Waals surface area contributed by atoms with Crippen molar-refractivity contribution in [2.75, 3.05) is 11.9 Å². The highest BCUT2D eigenvalue weighted by Crippen LogP contribution is 2.37. The number of hydrogen-bond acceptors (Lipinski definition) is 6. The molecule has 9 nitrogen and oxygen atoms in total. The number of sulfonamides is 1.